The van der Waals surface area contributed by atoms with Gasteiger partial charge in [-0.15, -0.1) is 11.8 Å². The molecule has 3 aliphatic rings. The predicted molar refractivity (Wildman–Crippen MR) is 303 cm³/mol. The van der Waals surface area contributed by atoms with Crippen molar-refractivity contribution in [2.75, 3.05) is 108 Å². The van der Waals surface area contributed by atoms with Crippen LogP contribution in [0.15, 0.2) is 117 Å². The van der Waals surface area contributed by atoms with Crippen LogP contribution in [0.3, 0.4) is 0 Å². The van der Waals surface area contributed by atoms with Gasteiger partial charge < -0.3 is 29.3 Å². The van der Waals surface area contributed by atoms with E-state index in [2.05, 4.69) is 55.6 Å². The molecule has 1 amide bonds. The lowest BCUT2D eigenvalue weighted by molar-refractivity contribution is -0.147. The summed E-state index contributed by atoms with van der Waals surface area (Å²) in [5.41, 5.74) is -0.0482. The third kappa shape index (κ3) is 18.0. The van der Waals surface area contributed by atoms with Crippen molar-refractivity contribution in [2.24, 2.45) is 5.41 Å². The number of nitrogens with zero attached hydrogens (tertiary/aromatic N) is 4. The van der Waals surface area contributed by atoms with Gasteiger partial charge >= 0.3 is 19.1 Å². The molecule has 2 N–H and O–H groups in total. The van der Waals surface area contributed by atoms with Crippen molar-refractivity contribution < 1.29 is 49.5 Å². The SMILES string of the molecule is CCOP(=O)(CCCN1CCN(CC[C@H](CSc2ccccc2)Nc2ccc(SNC(=O)c3ccc(N4CCN(CC5=C(c6ccc(Cl)cc6)CCC(C)(C)C5)CC4)cc3)cc2S(=O)(=O)C(F)(F)F)CC1)OCOC(C)=O. The van der Waals surface area contributed by atoms with Crippen molar-refractivity contribution in [3.05, 3.63) is 119 Å². The number of alkyl halides is 3. The third-order valence-electron chi connectivity index (χ3n) is 14.0. The number of carbonyl (C=O) groups excluding carboxylic acids is 2. The number of allylic oxidation sites excluding steroid dienone is 1. The van der Waals surface area contributed by atoms with Crippen molar-refractivity contribution in [3.63, 3.8) is 0 Å². The van der Waals surface area contributed by atoms with Crippen LogP contribution in [0, 0.1) is 5.41 Å². The zero-order valence-electron chi connectivity index (χ0n) is 44.2. The van der Waals surface area contributed by atoms with Gasteiger partial charge in [-0.05, 0) is 141 Å². The van der Waals surface area contributed by atoms with Crippen molar-refractivity contribution in [3.8, 4) is 0 Å². The highest BCUT2D eigenvalue weighted by Crippen LogP contribution is 2.49. The Morgan fingerprint density at radius 3 is 2.16 bits per heavy atom. The number of sulfone groups is 1. The number of thioether (sulfide) groups is 1. The molecule has 420 valence electrons. The number of nitrogens with one attached hydrogen (secondary N) is 2. The van der Waals surface area contributed by atoms with Gasteiger partial charge in [0.1, 0.15) is 4.90 Å². The molecular formula is C55H71ClF3N6O8PS3. The van der Waals surface area contributed by atoms with Gasteiger partial charge in [-0.25, -0.2) is 8.42 Å². The number of halogens is 4. The molecule has 0 radical (unpaired) electrons. The average molecular weight is 1160 g/mol. The first-order chi connectivity index (χ1) is 36.7. The summed E-state index contributed by atoms with van der Waals surface area (Å²) in [5.74, 6) is -0.603. The predicted octanol–water partition coefficient (Wildman–Crippen LogP) is 11.6. The maximum absolute atomic E-state index is 14.4. The number of amides is 1. The number of piperazine rings is 2. The lowest BCUT2D eigenvalue weighted by atomic mass is 9.73. The molecule has 2 fully saturated rings. The molecule has 2 heterocycles. The molecule has 77 heavy (non-hydrogen) atoms. The first-order valence-corrected chi connectivity index (χ1v) is 31.5. The van der Waals surface area contributed by atoms with E-state index in [9.17, 15) is 35.7 Å². The summed E-state index contributed by atoms with van der Waals surface area (Å²) >= 11 is 8.47. The van der Waals surface area contributed by atoms with Gasteiger partial charge in [-0.1, -0.05) is 61.4 Å². The molecule has 1 unspecified atom stereocenters. The molecule has 4 aromatic carbocycles. The van der Waals surface area contributed by atoms with E-state index < -0.39 is 52.5 Å². The molecule has 0 saturated carbocycles. The number of anilines is 2. The number of hydrogen-bond acceptors (Lipinski definition) is 15. The first kappa shape index (κ1) is 60.6. The van der Waals surface area contributed by atoms with Gasteiger partial charge in [0.05, 0.1) is 18.5 Å². The number of benzene rings is 4. The smallest absolute Gasteiger partial charge is 0.438 e. The molecule has 2 saturated heterocycles. The van der Waals surface area contributed by atoms with E-state index in [0.717, 1.165) is 98.7 Å². The molecule has 0 spiro atoms. The van der Waals surface area contributed by atoms with E-state index in [1.165, 1.54) is 47.5 Å². The summed E-state index contributed by atoms with van der Waals surface area (Å²) in [6, 6.07) is 28.3. The summed E-state index contributed by atoms with van der Waals surface area (Å²) < 4.78 is 101. The highest BCUT2D eigenvalue weighted by atomic mass is 35.5. The maximum atomic E-state index is 14.4. The molecular weight excluding hydrogens is 1090 g/mol. The van der Waals surface area contributed by atoms with Crippen molar-refractivity contribution in [2.45, 2.75) is 86.0 Å². The minimum Gasteiger partial charge on any atom is -0.438 e. The molecule has 2 atom stereocenters. The summed E-state index contributed by atoms with van der Waals surface area (Å²) in [7, 11) is -9.27. The lowest BCUT2D eigenvalue weighted by Gasteiger charge is -2.39. The third-order valence-corrected chi connectivity index (χ3v) is 19.8. The van der Waals surface area contributed by atoms with Crippen molar-refractivity contribution in [1.82, 2.24) is 19.4 Å². The van der Waals surface area contributed by atoms with Gasteiger partial charge in [-0.3, -0.25) is 28.3 Å². The van der Waals surface area contributed by atoms with E-state index in [0.29, 0.717) is 50.3 Å². The average Bonchev–Trinajstić information content (AvgIpc) is 3.39. The number of carbonyl (C=O) groups is 2. The Bertz CT molecular complexity index is 2780. The normalized spacial score (nSPS) is 18.2. The van der Waals surface area contributed by atoms with Crippen molar-refractivity contribution >= 4 is 81.6 Å². The van der Waals surface area contributed by atoms with E-state index in [-0.39, 0.29) is 28.8 Å². The summed E-state index contributed by atoms with van der Waals surface area (Å²) in [6.45, 7) is 15.8. The fourth-order valence-electron chi connectivity index (χ4n) is 9.76. The van der Waals surface area contributed by atoms with E-state index in [1.54, 1.807) is 19.1 Å². The van der Waals surface area contributed by atoms with Crippen LogP contribution in [0.25, 0.3) is 5.57 Å². The molecule has 4 aromatic rings. The maximum Gasteiger partial charge on any atom is 0.501 e. The quantitative estimate of drug-likeness (QED) is 0.0213. The second-order valence-corrected chi connectivity index (χ2v) is 26.8. The Morgan fingerprint density at radius 1 is 0.844 bits per heavy atom. The summed E-state index contributed by atoms with van der Waals surface area (Å²) in [6.07, 6.45) is 4.42. The Balaban J connectivity index is 0.941. The van der Waals surface area contributed by atoms with Gasteiger partial charge in [0.2, 0.25) is 6.79 Å². The summed E-state index contributed by atoms with van der Waals surface area (Å²) in [4.78, 5) is 34.0. The van der Waals surface area contributed by atoms with Crippen LogP contribution in [-0.4, -0.2) is 144 Å². The zero-order chi connectivity index (χ0) is 55.2. The van der Waals surface area contributed by atoms with E-state index >= 15 is 0 Å². The zero-order valence-corrected chi connectivity index (χ0v) is 48.3. The summed E-state index contributed by atoms with van der Waals surface area (Å²) in [5, 5.41) is 3.91. The minimum atomic E-state index is -5.83. The van der Waals surface area contributed by atoms with Gasteiger partial charge in [0.15, 0.2) is 0 Å². The second-order valence-electron chi connectivity index (χ2n) is 20.3. The number of rotatable bonds is 25. The number of ether oxygens (including phenoxy) is 1. The van der Waals surface area contributed by atoms with Crippen LogP contribution < -0.4 is 14.9 Å². The molecule has 0 aromatic heterocycles. The van der Waals surface area contributed by atoms with Crippen LogP contribution in [0.2, 0.25) is 5.02 Å². The number of esters is 1. The van der Waals surface area contributed by atoms with Gasteiger partial charge in [0.25, 0.3) is 15.7 Å². The molecule has 0 bridgehead atoms. The number of hydrogen-bond donors (Lipinski definition) is 2. The first-order valence-electron chi connectivity index (χ1n) is 26.1. The molecule has 1 aliphatic carbocycles. The van der Waals surface area contributed by atoms with Crippen LogP contribution in [0.4, 0.5) is 24.5 Å². The molecule has 14 nitrogen and oxygen atoms in total. The standard InChI is InChI=1S/C55H71ClF3N6O8PS3/c1-5-72-74(68,73-40-71-41(2)66)35-9-25-62-27-29-63(30-28-62)26-23-46(39-75-48-10-7-6-8-11-48)60-51-21-20-49(36-52(51)77(69,70)55(57,58)59)76-61-53(67)43-14-18-47(19-15-43)65-33-31-64(32-34-65)38-44-37-54(3,4)24-22-50(44)42-12-16-45(56)17-13-42/h6-8,10-21,36,46,60H,5,9,22-35,37-40H2,1-4H3,(H,61,67)/t46-,74?/m1/s1. The van der Waals surface area contributed by atoms with Gasteiger partial charge in [0, 0.05) is 110 Å². The molecule has 2 aliphatic heterocycles. The van der Waals surface area contributed by atoms with Gasteiger partial charge in [-0.2, -0.15) is 13.2 Å². The highest BCUT2D eigenvalue weighted by molar-refractivity contribution is 7.99. The minimum absolute atomic E-state index is 0.109. The van der Waals surface area contributed by atoms with Crippen LogP contribution in [-0.2, 0) is 33.0 Å². The Labute approximate surface area is 465 Å². The van der Waals surface area contributed by atoms with Crippen LogP contribution >= 0.6 is 42.9 Å². The van der Waals surface area contributed by atoms with E-state index in [1.807, 2.05) is 54.6 Å². The molecule has 7 rings (SSSR count). The fraction of sp³-hybridized carbons (Fsp3) is 0.491. The largest absolute Gasteiger partial charge is 0.501 e. The Hall–Kier alpha value is -4.08. The topological polar surface area (TPSA) is 150 Å². The molecule has 22 heteroatoms. The lowest BCUT2D eigenvalue weighted by Crippen LogP contribution is -2.47. The fourth-order valence-corrected chi connectivity index (χ4v) is 14.0. The monoisotopic (exact) mass is 1160 g/mol. The van der Waals surface area contributed by atoms with E-state index in [4.69, 9.17) is 25.4 Å². The second kappa shape index (κ2) is 27.9. The van der Waals surface area contributed by atoms with Crippen LogP contribution in [0.5, 0.6) is 0 Å². The highest BCUT2D eigenvalue weighted by Gasteiger charge is 2.48. The van der Waals surface area contributed by atoms with Crippen molar-refractivity contribution in [1.29, 1.82) is 0 Å². The Morgan fingerprint density at radius 2 is 1.51 bits per heavy atom. The van der Waals surface area contributed by atoms with Crippen LogP contribution in [0.1, 0.15) is 75.7 Å². The Kier molecular flexibility index (Phi) is 21.9.